The fraction of sp³-hybridized carbons (Fsp3) is 0.778. The highest BCUT2D eigenvalue weighted by Gasteiger charge is 2.43. The Morgan fingerprint density at radius 2 is 2.17 bits per heavy atom. The van der Waals surface area contributed by atoms with Gasteiger partial charge in [0.2, 0.25) is 5.91 Å². The minimum Gasteiger partial charge on any atom is -0.351 e. The van der Waals surface area contributed by atoms with E-state index in [4.69, 9.17) is 0 Å². The highest BCUT2D eigenvalue weighted by molar-refractivity contribution is 7.09. The molecule has 1 N–H and O–H groups in total. The van der Waals surface area contributed by atoms with Crippen molar-refractivity contribution in [1.29, 1.82) is 0 Å². The van der Waals surface area contributed by atoms with Crippen molar-refractivity contribution in [3.8, 4) is 0 Å². The number of nitrogens with one attached hydrogen (secondary N) is 1. The van der Waals surface area contributed by atoms with E-state index in [-0.39, 0.29) is 5.91 Å². The summed E-state index contributed by atoms with van der Waals surface area (Å²) in [6, 6.07) is 0.356. The Labute approximate surface area is 142 Å². The molecule has 1 aliphatic heterocycles. The Hall–Kier alpha value is -0.940. The summed E-state index contributed by atoms with van der Waals surface area (Å²) in [5.74, 6) is 2.60. The predicted octanol–water partition coefficient (Wildman–Crippen LogP) is 2.62. The number of amides is 1. The van der Waals surface area contributed by atoms with E-state index < -0.39 is 0 Å². The van der Waals surface area contributed by atoms with Crippen LogP contribution in [0.4, 0.5) is 0 Å². The molecule has 0 radical (unpaired) electrons. The van der Waals surface area contributed by atoms with E-state index in [2.05, 4.69) is 15.2 Å². The van der Waals surface area contributed by atoms with Crippen molar-refractivity contribution in [1.82, 2.24) is 15.2 Å². The average molecular weight is 334 g/mol. The molecule has 2 heterocycles. The zero-order valence-corrected chi connectivity index (χ0v) is 14.8. The molecule has 1 saturated heterocycles. The monoisotopic (exact) mass is 333 g/mol. The van der Waals surface area contributed by atoms with Crippen molar-refractivity contribution in [3.63, 3.8) is 0 Å². The van der Waals surface area contributed by atoms with Crippen LogP contribution in [0.2, 0.25) is 0 Å². The Morgan fingerprint density at radius 3 is 2.78 bits per heavy atom. The highest BCUT2D eigenvalue weighted by atomic mass is 32.1. The second-order valence-electron chi connectivity index (χ2n) is 7.73. The molecular formula is C18H27N3OS. The lowest BCUT2D eigenvalue weighted by molar-refractivity contribution is -0.121. The minimum absolute atomic E-state index is 0.149. The molecule has 3 fully saturated rings. The van der Waals surface area contributed by atoms with Crippen LogP contribution in [-0.4, -0.2) is 41.5 Å². The second kappa shape index (κ2) is 6.52. The predicted molar refractivity (Wildman–Crippen MR) is 92.5 cm³/mol. The largest absolute Gasteiger partial charge is 0.351 e. The van der Waals surface area contributed by atoms with Gasteiger partial charge < -0.3 is 10.2 Å². The molecule has 0 aromatic carbocycles. The smallest absolute Gasteiger partial charge is 0.226 e. The molecule has 1 amide bonds. The molecule has 2 aliphatic carbocycles. The number of likely N-dealkylation sites (tertiary alicyclic amines) is 1. The van der Waals surface area contributed by atoms with E-state index in [0.717, 1.165) is 29.1 Å². The van der Waals surface area contributed by atoms with Gasteiger partial charge in [-0.2, -0.15) is 0 Å². The Morgan fingerprint density at radius 1 is 1.35 bits per heavy atom. The van der Waals surface area contributed by atoms with E-state index >= 15 is 0 Å². The first-order valence-corrected chi connectivity index (χ1v) is 9.98. The van der Waals surface area contributed by atoms with Gasteiger partial charge in [-0.05, 0) is 50.4 Å². The minimum atomic E-state index is 0.149. The normalized spacial score (nSPS) is 28.7. The lowest BCUT2D eigenvalue weighted by Gasteiger charge is -2.30. The number of rotatable bonds is 6. The van der Waals surface area contributed by atoms with Crippen molar-refractivity contribution < 1.29 is 4.79 Å². The molecule has 0 unspecified atom stereocenters. The number of aromatic nitrogens is 1. The van der Waals surface area contributed by atoms with Crippen molar-refractivity contribution >= 4 is 17.2 Å². The van der Waals surface area contributed by atoms with Gasteiger partial charge in [-0.3, -0.25) is 4.79 Å². The first-order chi connectivity index (χ1) is 11.2. The molecular weight excluding hydrogens is 306 g/mol. The number of carbonyl (C=O) groups excluding carboxylic acids is 1. The Kier molecular flexibility index (Phi) is 4.41. The van der Waals surface area contributed by atoms with Gasteiger partial charge in [0.15, 0.2) is 0 Å². The van der Waals surface area contributed by atoms with Crippen LogP contribution in [-0.2, 0) is 11.2 Å². The van der Waals surface area contributed by atoms with Gasteiger partial charge in [0.1, 0.15) is 0 Å². The lowest BCUT2D eigenvalue weighted by Crippen LogP contribution is -2.42. The van der Waals surface area contributed by atoms with Gasteiger partial charge in [0, 0.05) is 31.1 Å². The van der Waals surface area contributed by atoms with Crippen molar-refractivity contribution in [2.45, 2.75) is 51.5 Å². The third kappa shape index (κ3) is 3.77. The van der Waals surface area contributed by atoms with Gasteiger partial charge >= 0.3 is 0 Å². The molecule has 126 valence electrons. The van der Waals surface area contributed by atoms with Crippen LogP contribution < -0.4 is 5.32 Å². The molecule has 4 rings (SSSR count). The van der Waals surface area contributed by atoms with Crippen LogP contribution in [0, 0.1) is 24.7 Å². The number of aryl methyl sites for hydroxylation is 1. The van der Waals surface area contributed by atoms with Gasteiger partial charge in [0.05, 0.1) is 17.1 Å². The Bertz CT molecular complexity index is 564. The fourth-order valence-corrected chi connectivity index (χ4v) is 4.78. The zero-order valence-electron chi connectivity index (χ0n) is 14.0. The fourth-order valence-electron chi connectivity index (χ4n) is 4.17. The first kappa shape index (κ1) is 15.6. The molecule has 1 aromatic rings. The summed E-state index contributed by atoms with van der Waals surface area (Å²) in [5, 5.41) is 6.37. The van der Waals surface area contributed by atoms with E-state index in [1.54, 1.807) is 11.3 Å². The van der Waals surface area contributed by atoms with Crippen LogP contribution in [0.1, 0.15) is 42.8 Å². The summed E-state index contributed by atoms with van der Waals surface area (Å²) in [5.41, 5.74) is 0.914. The highest BCUT2D eigenvalue weighted by Crippen LogP contribution is 2.42. The topological polar surface area (TPSA) is 45.2 Å². The van der Waals surface area contributed by atoms with Crippen LogP contribution in [0.15, 0.2) is 5.38 Å². The van der Waals surface area contributed by atoms with Crippen molar-refractivity contribution in [2.75, 3.05) is 19.6 Å². The molecule has 23 heavy (non-hydrogen) atoms. The maximum Gasteiger partial charge on any atom is 0.226 e. The third-order valence-corrected chi connectivity index (χ3v) is 6.59. The molecule has 0 spiro atoms. The summed E-state index contributed by atoms with van der Waals surface area (Å²) >= 11 is 1.62. The van der Waals surface area contributed by atoms with Gasteiger partial charge in [-0.1, -0.05) is 6.42 Å². The zero-order chi connectivity index (χ0) is 15.8. The first-order valence-electron chi connectivity index (χ1n) is 9.10. The lowest BCUT2D eigenvalue weighted by atomic mass is 9.85. The van der Waals surface area contributed by atoms with E-state index in [9.17, 15) is 4.79 Å². The standard InChI is InChI=1S/C18H27N3OS/c1-12-19-15(11-23-12)7-18(22)20-17-10-21(8-13-3-2-4-13)9-16(17)14-5-6-14/h11,13-14,16-17H,2-10H2,1H3,(H,20,22)/t16-,17+/m0/s1. The van der Waals surface area contributed by atoms with Crippen LogP contribution in [0.25, 0.3) is 0 Å². The van der Waals surface area contributed by atoms with E-state index in [1.165, 1.54) is 45.2 Å². The Balaban J connectivity index is 1.32. The van der Waals surface area contributed by atoms with E-state index in [0.29, 0.717) is 18.4 Å². The molecule has 1 aromatic heterocycles. The van der Waals surface area contributed by atoms with Gasteiger partial charge in [-0.25, -0.2) is 4.98 Å². The average Bonchev–Trinajstić information content (AvgIpc) is 3.12. The number of hydrogen-bond donors (Lipinski definition) is 1. The summed E-state index contributed by atoms with van der Waals surface area (Å²) in [6.45, 7) is 5.49. The summed E-state index contributed by atoms with van der Waals surface area (Å²) in [6.07, 6.45) is 7.38. The SMILES string of the molecule is Cc1nc(CC(=O)N[C@@H]2CN(CC3CCC3)C[C@H]2C2CC2)cs1. The number of carbonyl (C=O) groups is 1. The quantitative estimate of drug-likeness (QED) is 0.870. The van der Waals surface area contributed by atoms with Crippen LogP contribution in [0.3, 0.4) is 0 Å². The van der Waals surface area contributed by atoms with E-state index in [1.807, 2.05) is 12.3 Å². The second-order valence-corrected chi connectivity index (χ2v) is 8.79. The van der Waals surface area contributed by atoms with Crippen LogP contribution in [0.5, 0.6) is 0 Å². The van der Waals surface area contributed by atoms with Crippen molar-refractivity contribution in [3.05, 3.63) is 16.1 Å². The third-order valence-electron chi connectivity index (χ3n) is 5.76. The summed E-state index contributed by atoms with van der Waals surface area (Å²) in [4.78, 5) is 19.4. The number of hydrogen-bond acceptors (Lipinski definition) is 4. The van der Waals surface area contributed by atoms with Gasteiger partial charge in [0.25, 0.3) is 0 Å². The number of nitrogens with zero attached hydrogens (tertiary/aromatic N) is 2. The number of thiazole rings is 1. The summed E-state index contributed by atoms with van der Waals surface area (Å²) in [7, 11) is 0. The molecule has 3 aliphatic rings. The molecule has 5 heteroatoms. The van der Waals surface area contributed by atoms with Crippen LogP contribution >= 0.6 is 11.3 Å². The van der Waals surface area contributed by atoms with Crippen molar-refractivity contribution in [2.24, 2.45) is 17.8 Å². The summed E-state index contributed by atoms with van der Waals surface area (Å²) < 4.78 is 0. The van der Waals surface area contributed by atoms with Gasteiger partial charge in [-0.15, -0.1) is 11.3 Å². The maximum absolute atomic E-state index is 12.4. The molecule has 4 nitrogen and oxygen atoms in total. The maximum atomic E-state index is 12.4. The molecule has 0 bridgehead atoms. The molecule has 2 saturated carbocycles. The molecule has 2 atom stereocenters.